The molecule has 112 valence electrons. The van der Waals surface area contributed by atoms with Gasteiger partial charge >= 0.3 is 0 Å². The summed E-state index contributed by atoms with van der Waals surface area (Å²) in [6, 6.07) is 16.6. The maximum atomic E-state index is 5.94. The van der Waals surface area contributed by atoms with Crippen LogP contribution in [0.25, 0.3) is 0 Å². The Hall–Kier alpha value is -2.00. The third kappa shape index (κ3) is 4.23. The van der Waals surface area contributed by atoms with Crippen molar-refractivity contribution in [1.82, 2.24) is 5.32 Å². The van der Waals surface area contributed by atoms with E-state index in [4.69, 9.17) is 4.74 Å². The Morgan fingerprint density at radius 3 is 2.52 bits per heavy atom. The zero-order chi connectivity index (χ0) is 15.1. The second-order valence-corrected chi connectivity index (χ2v) is 5.19. The van der Waals surface area contributed by atoms with Gasteiger partial charge in [0, 0.05) is 24.8 Å². The Morgan fingerprint density at radius 2 is 1.76 bits per heavy atom. The molecular formula is C18H24N2O. The number of benzene rings is 2. The molecule has 0 bridgehead atoms. The Morgan fingerprint density at radius 1 is 1.05 bits per heavy atom. The van der Waals surface area contributed by atoms with Crippen molar-refractivity contribution in [3.63, 3.8) is 0 Å². The van der Waals surface area contributed by atoms with Gasteiger partial charge in [0.2, 0.25) is 0 Å². The van der Waals surface area contributed by atoms with Gasteiger partial charge < -0.3 is 15.0 Å². The van der Waals surface area contributed by atoms with Crippen LogP contribution in [0.5, 0.6) is 5.75 Å². The summed E-state index contributed by atoms with van der Waals surface area (Å²) in [6.07, 6.45) is 0. The zero-order valence-electron chi connectivity index (χ0n) is 13.1. The van der Waals surface area contributed by atoms with Crippen LogP contribution in [0.2, 0.25) is 0 Å². The van der Waals surface area contributed by atoms with E-state index < -0.39 is 0 Å². The van der Waals surface area contributed by atoms with E-state index in [1.54, 1.807) is 0 Å². The van der Waals surface area contributed by atoms with Gasteiger partial charge in [0.15, 0.2) is 0 Å². The summed E-state index contributed by atoms with van der Waals surface area (Å²) in [4.78, 5) is 2.23. The number of ether oxygens (including phenoxy) is 1. The number of likely N-dealkylation sites (N-methyl/N-ethyl adjacent to an activating group) is 1. The third-order valence-corrected chi connectivity index (χ3v) is 3.55. The average Bonchev–Trinajstić information content (AvgIpc) is 2.49. The van der Waals surface area contributed by atoms with Crippen LogP contribution in [0.4, 0.5) is 5.69 Å². The van der Waals surface area contributed by atoms with E-state index in [9.17, 15) is 0 Å². The van der Waals surface area contributed by atoms with E-state index in [2.05, 4.69) is 54.5 Å². The molecule has 0 spiro atoms. The molecule has 3 nitrogen and oxygen atoms in total. The number of nitrogens with one attached hydrogen (secondary N) is 1. The lowest BCUT2D eigenvalue weighted by Crippen LogP contribution is -2.24. The number of aryl methyl sites for hydroxylation is 1. The van der Waals surface area contributed by atoms with Crippen LogP contribution in [-0.4, -0.2) is 27.2 Å². The molecule has 0 aliphatic heterocycles. The second kappa shape index (κ2) is 7.70. The fourth-order valence-corrected chi connectivity index (χ4v) is 2.39. The number of hydrogen-bond donors (Lipinski definition) is 1. The van der Waals surface area contributed by atoms with Gasteiger partial charge in [0.05, 0.1) is 6.54 Å². The van der Waals surface area contributed by atoms with Crippen molar-refractivity contribution in [3.05, 3.63) is 59.7 Å². The Kier molecular flexibility index (Phi) is 5.64. The molecule has 0 heterocycles. The van der Waals surface area contributed by atoms with Crippen molar-refractivity contribution in [2.45, 2.75) is 13.5 Å². The quantitative estimate of drug-likeness (QED) is 0.845. The summed E-state index contributed by atoms with van der Waals surface area (Å²) in [6.45, 7) is 4.49. The molecular weight excluding hydrogens is 260 g/mol. The topological polar surface area (TPSA) is 24.5 Å². The summed E-state index contributed by atoms with van der Waals surface area (Å²) in [5.41, 5.74) is 3.73. The standard InChI is InChI=1S/C18H24N2O/c1-15-8-4-6-10-17(15)20(3)12-13-21-18-11-7-5-9-16(18)14-19-2/h4-11,19H,12-14H2,1-3H3. The average molecular weight is 284 g/mol. The molecule has 0 atom stereocenters. The lowest BCUT2D eigenvalue weighted by Gasteiger charge is -2.22. The minimum absolute atomic E-state index is 0.672. The number of nitrogens with zero attached hydrogens (tertiary/aromatic N) is 1. The van der Waals surface area contributed by atoms with Gasteiger partial charge in [-0.05, 0) is 31.7 Å². The fraction of sp³-hybridized carbons (Fsp3) is 0.333. The fourth-order valence-electron chi connectivity index (χ4n) is 2.39. The summed E-state index contributed by atoms with van der Waals surface area (Å²) in [7, 11) is 4.05. The molecule has 0 aliphatic carbocycles. The molecule has 21 heavy (non-hydrogen) atoms. The van der Waals surface area contributed by atoms with E-state index >= 15 is 0 Å². The molecule has 0 saturated carbocycles. The lowest BCUT2D eigenvalue weighted by atomic mass is 10.2. The van der Waals surface area contributed by atoms with Gasteiger partial charge in [0.1, 0.15) is 12.4 Å². The van der Waals surface area contributed by atoms with Crippen LogP contribution >= 0.6 is 0 Å². The lowest BCUT2D eigenvalue weighted by molar-refractivity contribution is 0.322. The minimum atomic E-state index is 0.672. The molecule has 2 rings (SSSR count). The number of hydrogen-bond acceptors (Lipinski definition) is 3. The van der Waals surface area contributed by atoms with Crippen LogP contribution in [0.15, 0.2) is 48.5 Å². The molecule has 0 amide bonds. The van der Waals surface area contributed by atoms with E-state index in [1.807, 2.05) is 25.2 Å². The Balaban J connectivity index is 1.91. The molecule has 0 saturated heterocycles. The molecule has 0 unspecified atom stereocenters. The predicted octanol–water partition coefficient (Wildman–Crippen LogP) is 3.23. The Labute approximate surface area is 127 Å². The highest BCUT2D eigenvalue weighted by molar-refractivity contribution is 5.52. The summed E-state index contributed by atoms with van der Waals surface area (Å²) in [5, 5.41) is 3.17. The van der Waals surface area contributed by atoms with E-state index in [-0.39, 0.29) is 0 Å². The molecule has 1 N–H and O–H groups in total. The molecule has 3 heteroatoms. The summed E-state index contributed by atoms with van der Waals surface area (Å²) >= 11 is 0. The van der Waals surface area contributed by atoms with Gasteiger partial charge in [-0.2, -0.15) is 0 Å². The van der Waals surface area contributed by atoms with E-state index in [0.29, 0.717) is 6.61 Å². The molecule has 0 radical (unpaired) electrons. The Bertz CT molecular complexity index is 569. The molecule has 0 fully saturated rings. The van der Waals surface area contributed by atoms with Gasteiger partial charge in [0.25, 0.3) is 0 Å². The third-order valence-electron chi connectivity index (χ3n) is 3.55. The van der Waals surface area contributed by atoms with Gasteiger partial charge in [-0.3, -0.25) is 0 Å². The second-order valence-electron chi connectivity index (χ2n) is 5.19. The largest absolute Gasteiger partial charge is 0.491 e. The zero-order valence-corrected chi connectivity index (χ0v) is 13.1. The summed E-state index contributed by atoms with van der Waals surface area (Å²) < 4.78 is 5.94. The normalized spacial score (nSPS) is 10.4. The minimum Gasteiger partial charge on any atom is -0.491 e. The molecule has 0 aromatic heterocycles. The van der Waals surface area contributed by atoms with Gasteiger partial charge in [-0.15, -0.1) is 0 Å². The SMILES string of the molecule is CNCc1ccccc1OCCN(C)c1ccccc1C. The van der Waals surface area contributed by atoms with Crippen LogP contribution < -0.4 is 15.0 Å². The van der Waals surface area contributed by atoms with Crippen LogP contribution in [-0.2, 0) is 6.54 Å². The van der Waals surface area contributed by atoms with Crippen molar-refractivity contribution in [3.8, 4) is 5.75 Å². The van der Waals surface area contributed by atoms with Crippen molar-refractivity contribution < 1.29 is 4.74 Å². The first-order chi connectivity index (χ1) is 10.2. The predicted molar refractivity (Wildman–Crippen MR) is 89.1 cm³/mol. The van der Waals surface area contributed by atoms with Gasteiger partial charge in [-0.1, -0.05) is 36.4 Å². The van der Waals surface area contributed by atoms with Crippen LogP contribution in [0.1, 0.15) is 11.1 Å². The van der Waals surface area contributed by atoms with E-state index in [1.165, 1.54) is 16.8 Å². The first-order valence-corrected chi connectivity index (χ1v) is 7.34. The monoisotopic (exact) mass is 284 g/mol. The first kappa shape index (κ1) is 15.4. The van der Waals surface area contributed by atoms with Crippen LogP contribution in [0, 0.1) is 6.92 Å². The van der Waals surface area contributed by atoms with E-state index in [0.717, 1.165) is 18.8 Å². The smallest absolute Gasteiger partial charge is 0.123 e. The maximum absolute atomic E-state index is 5.94. The number of rotatable bonds is 7. The molecule has 2 aromatic rings. The van der Waals surface area contributed by atoms with Crippen molar-refractivity contribution >= 4 is 5.69 Å². The highest BCUT2D eigenvalue weighted by atomic mass is 16.5. The molecule has 0 aliphatic rings. The molecule has 2 aromatic carbocycles. The first-order valence-electron chi connectivity index (χ1n) is 7.34. The van der Waals surface area contributed by atoms with Crippen molar-refractivity contribution in [1.29, 1.82) is 0 Å². The van der Waals surface area contributed by atoms with Crippen LogP contribution in [0.3, 0.4) is 0 Å². The highest BCUT2D eigenvalue weighted by Gasteiger charge is 2.05. The van der Waals surface area contributed by atoms with Crippen molar-refractivity contribution in [2.24, 2.45) is 0 Å². The number of anilines is 1. The number of para-hydroxylation sites is 2. The highest BCUT2D eigenvalue weighted by Crippen LogP contribution is 2.19. The summed E-state index contributed by atoms with van der Waals surface area (Å²) in [5.74, 6) is 0.963. The van der Waals surface area contributed by atoms with Crippen molar-refractivity contribution in [2.75, 3.05) is 32.1 Å². The van der Waals surface area contributed by atoms with Gasteiger partial charge in [-0.25, -0.2) is 0 Å². The maximum Gasteiger partial charge on any atom is 0.123 e.